The standard InChI is InChI=1S/C34H28Cl2FN3O6/c1-44-30-11-18(7-8-38-30)20-9-26(35)31(27(36)10-20)33(41)39-14-19-3-2-4-23(32(19)46-17-39)24-13-29(25(34(42)43)12-28(24)37)40-21-5-6-22(40)16-45-15-21/h2-4,7-13,21-22H,5-6,14-17H2,1H3,(H,42,43). The van der Waals surface area contributed by atoms with E-state index in [-0.39, 0.29) is 52.1 Å². The number of amides is 1. The summed E-state index contributed by atoms with van der Waals surface area (Å²) in [4.78, 5) is 33.6. The van der Waals surface area contributed by atoms with Gasteiger partial charge < -0.3 is 29.1 Å². The molecule has 0 saturated carbocycles. The molecule has 1 N–H and O–H groups in total. The Morgan fingerprint density at radius 2 is 1.74 bits per heavy atom. The molecular formula is C34H28Cl2FN3O6. The van der Waals surface area contributed by atoms with Crippen molar-refractivity contribution in [3.8, 4) is 33.9 Å². The second kappa shape index (κ2) is 12.1. The van der Waals surface area contributed by atoms with Gasteiger partial charge in [0.1, 0.15) is 11.6 Å². The molecule has 2 fully saturated rings. The number of ether oxygens (including phenoxy) is 3. The van der Waals surface area contributed by atoms with Crippen molar-refractivity contribution in [2.45, 2.75) is 31.5 Å². The van der Waals surface area contributed by atoms with E-state index in [2.05, 4.69) is 9.88 Å². The summed E-state index contributed by atoms with van der Waals surface area (Å²) in [5.74, 6) is -1.45. The number of carbonyl (C=O) groups excluding carboxylic acids is 1. The van der Waals surface area contributed by atoms with E-state index in [1.807, 2.05) is 0 Å². The van der Waals surface area contributed by atoms with Gasteiger partial charge in [0.15, 0.2) is 6.73 Å². The van der Waals surface area contributed by atoms with Crippen molar-refractivity contribution in [1.29, 1.82) is 0 Å². The summed E-state index contributed by atoms with van der Waals surface area (Å²) in [6, 6.07) is 14.9. The summed E-state index contributed by atoms with van der Waals surface area (Å²) in [5.41, 5.74) is 3.30. The molecule has 236 valence electrons. The molecule has 0 aliphatic carbocycles. The van der Waals surface area contributed by atoms with Crippen LogP contribution in [0, 0.1) is 5.82 Å². The van der Waals surface area contributed by atoms with Crippen molar-refractivity contribution < 1.29 is 33.3 Å². The third-order valence-electron chi connectivity index (χ3n) is 8.77. The van der Waals surface area contributed by atoms with Crippen molar-refractivity contribution in [2.75, 3.05) is 32.0 Å². The Bertz CT molecular complexity index is 1850. The Morgan fingerprint density at radius 1 is 1.00 bits per heavy atom. The molecule has 9 nitrogen and oxygen atoms in total. The van der Waals surface area contributed by atoms with Gasteiger partial charge in [-0.1, -0.05) is 41.4 Å². The molecule has 4 heterocycles. The average Bonchev–Trinajstić information content (AvgIpc) is 3.30. The van der Waals surface area contributed by atoms with E-state index >= 15 is 4.39 Å². The van der Waals surface area contributed by atoms with Gasteiger partial charge in [-0.05, 0) is 54.3 Å². The number of pyridine rings is 1. The second-order valence-corrected chi connectivity index (χ2v) is 12.3. The van der Waals surface area contributed by atoms with E-state index in [0.29, 0.717) is 47.2 Å². The highest BCUT2D eigenvalue weighted by Crippen LogP contribution is 2.43. The fraction of sp³-hybridized carbons (Fsp3) is 0.265. The van der Waals surface area contributed by atoms with Crippen molar-refractivity contribution in [3.63, 3.8) is 0 Å². The number of benzene rings is 3. The van der Waals surface area contributed by atoms with Crippen LogP contribution in [0.4, 0.5) is 10.1 Å². The molecule has 3 aliphatic rings. The number of carbonyl (C=O) groups is 2. The quantitative estimate of drug-likeness (QED) is 0.237. The fourth-order valence-corrected chi connectivity index (χ4v) is 7.24. The van der Waals surface area contributed by atoms with Gasteiger partial charge in [-0.25, -0.2) is 14.2 Å². The number of methoxy groups -OCH3 is 1. The lowest BCUT2D eigenvalue weighted by molar-refractivity contribution is 0.0516. The lowest BCUT2D eigenvalue weighted by Crippen LogP contribution is -2.46. The predicted octanol–water partition coefficient (Wildman–Crippen LogP) is 6.93. The lowest BCUT2D eigenvalue weighted by Gasteiger charge is -2.37. The summed E-state index contributed by atoms with van der Waals surface area (Å²) in [6.45, 7) is 1.01. The molecular weight excluding hydrogens is 636 g/mol. The third kappa shape index (κ3) is 5.30. The van der Waals surface area contributed by atoms with E-state index in [9.17, 15) is 14.7 Å². The Kier molecular flexibility index (Phi) is 7.96. The SMILES string of the molecule is COc1cc(-c2cc(Cl)c(C(=O)N3COc4c(cccc4-c4cc(N5C6CCC5COC6)c(C(=O)O)cc4F)C3)c(Cl)c2)ccn1. The number of para-hydroxylation sites is 1. The Hall–Kier alpha value is -4.38. The van der Waals surface area contributed by atoms with Gasteiger partial charge in [-0.3, -0.25) is 4.79 Å². The molecule has 12 heteroatoms. The van der Waals surface area contributed by atoms with Crippen molar-refractivity contribution in [1.82, 2.24) is 9.88 Å². The number of aromatic carboxylic acids is 1. The van der Waals surface area contributed by atoms with E-state index in [1.165, 1.54) is 12.0 Å². The highest BCUT2D eigenvalue weighted by molar-refractivity contribution is 6.40. The zero-order chi connectivity index (χ0) is 32.1. The number of morpholine rings is 1. The lowest BCUT2D eigenvalue weighted by atomic mass is 9.96. The first-order valence-electron chi connectivity index (χ1n) is 14.7. The number of nitrogens with zero attached hydrogens (tertiary/aromatic N) is 3. The topological polar surface area (TPSA) is 101 Å². The first-order chi connectivity index (χ1) is 22.2. The largest absolute Gasteiger partial charge is 0.481 e. The van der Waals surface area contributed by atoms with Gasteiger partial charge in [0.25, 0.3) is 5.91 Å². The number of rotatable bonds is 6. The van der Waals surface area contributed by atoms with Crippen LogP contribution < -0.4 is 14.4 Å². The molecule has 2 unspecified atom stereocenters. The normalized spacial score (nSPS) is 18.6. The highest BCUT2D eigenvalue weighted by Gasteiger charge is 2.40. The monoisotopic (exact) mass is 663 g/mol. The molecule has 2 saturated heterocycles. The summed E-state index contributed by atoms with van der Waals surface area (Å²) < 4.78 is 32.7. The number of fused-ring (bicyclic) bond motifs is 3. The fourth-order valence-electron chi connectivity index (χ4n) is 6.59. The highest BCUT2D eigenvalue weighted by atomic mass is 35.5. The molecule has 0 spiro atoms. The second-order valence-electron chi connectivity index (χ2n) is 11.5. The minimum Gasteiger partial charge on any atom is -0.481 e. The van der Waals surface area contributed by atoms with E-state index in [1.54, 1.807) is 54.7 Å². The van der Waals surface area contributed by atoms with Crippen LogP contribution >= 0.6 is 23.2 Å². The Labute approximate surface area is 274 Å². The van der Waals surface area contributed by atoms with Gasteiger partial charge in [0.05, 0.1) is 65.8 Å². The van der Waals surface area contributed by atoms with Crippen LogP contribution in [0.15, 0.2) is 60.8 Å². The van der Waals surface area contributed by atoms with Crippen LogP contribution in [0.25, 0.3) is 22.3 Å². The molecule has 3 aromatic carbocycles. The number of hydrogen-bond acceptors (Lipinski definition) is 7. The Morgan fingerprint density at radius 3 is 2.43 bits per heavy atom. The summed E-state index contributed by atoms with van der Waals surface area (Å²) in [5, 5.41) is 10.3. The number of halogens is 3. The van der Waals surface area contributed by atoms with Gasteiger partial charge in [-0.15, -0.1) is 0 Å². The zero-order valence-electron chi connectivity index (χ0n) is 24.6. The minimum atomic E-state index is -1.20. The van der Waals surface area contributed by atoms with E-state index < -0.39 is 17.7 Å². The first-order valence-corrected chi connectivity index (χ1v) is 15.5. The molecule has 7 rings (SSSR count). The molecule has 3 aliphatic heterocycles. The number of anilines is 1. The maximum atomic E-state index is 15.7. The molecule has 0 radical (unpaired) electrons. The van der Waals surface area contributed by atoms with Gasteiger partial charge in [0, 0.05) is 29.0 Å². The summed E-state index contributed by atoms with van der Waals surface area (Å²) in [7, 11) is 1.52. The average molecular weight is 665 g/mol. The number of carboxylic acids is 1. The van der Waals surface area contributed by atoms with Gasteiger partial charge >= 0.3 is 5.97 Å². The number of carboxylic acid groups (broad SMARTS) is 1. The molecule has 46 heavy (non-hydrogen) atoms. The predicted molar refractivity (Wildman–Crippen MR) is 171 cm³/mol. The minimum absolute atomic E-state index is 0.0240. The van der Waals surface area contributed by atoms with Crippen molar-refractivity contribution >= 4 is 40.8 Å². The summed E-state index contributed by atoms with van der Waals surface area (Å²) >= 11 is 13.2. The van der Waals surface area contributed by atoms with Gasteiger partial charge in [0.2, 0.25) is 5.88 Å². The van der Waals surface area contributed by atoms with Crippen LogP contribution in [-0.2, 0) is 11.3 Å². The van der Waals surface area contributed by atoms with E-state index in [0.717, 1.165) is 24.5 Å². The molecule has 2 atom stereocenters. The maximum absolute atomic E-state index is 15.7. The molecule has 1 amide bonds. The smallest absolute Gasteiger partial charge is 0.337 e. The van der Waals surface area contributed by atoms with E-state index in [4.69, 9.17) is 37.4 Å². The van der Waals surface area contributed by atoms with Crippen LogP contribution in [0.5, 0.6) is 11.6 Å². The van der Waals surface area contributed by atoms with Crippen LogP contribution in [0.2, 0.25) is 10.0 Å². The maximum Gasteiger partial charge on any atom is 0.337 e. The zero-order valence-corrected chi connectivity index (χ0v) is 26.1. The van der Waals surface area contributed by atoms with Crippen LogP contribution in [-0.4, -0.2) is 66.0 Å². The van der Waals surface area contributed by atoms with Crippen molar-refractivity contribution in [3.05, 3.63) is 93.3 Å². The summed E-state index contributed by atoms with van der Waals surface area (Å²) in [6.07, 6.45) is 3.35. The third-order valence-corrected chi connectivity index (χ3v) is 9.36. The molecule has 2 bridgehead atoms. The molecule has 1 aromatic heterocycles. The Balaban J connectivity index is 1.19. The first kappa shape index (κ1) is 30.3. The van der Waals surface area contributed by atoms with Crippen molar-refractivity contribution in [2.24, 2.45) is 0 Å². The van der Waals surface area contributed by atoms with Gasteiger partial charge in [-0.2, -0.15) is 0 Å². The number of aromatic nitrogens is 1. The van der Waals surface area contributed by atoms with Crippen LogP contribution in [0.3, 0.4) is 0 Å². The molecule has 4 aromatic rings. The number of hydrogen-bond donors (Lipinski definition) is 1. The van der Waals surface area contributed by atoms with Crippen LogP contribution in [0.1, 0.15) is 39.1 Å².